The monoisotopic (exact) mass is 186 g/mol. The number of hydrogen-bond acceptors (Lipinski definition) is 2. The second kappa shape index (κ2) is 6.39. The highest BCUT2D eigenvalue weighted by Gasteiger charge is 2.11. The van der Waals surface area contributed by atoms with Crippen LogP contribution in [0.5, 0.6) is 0 Å². The van der Waals surface area contributed by atoms with Crippen molar-refractivity contribution >= 4 is 0 Å². The summed E-state index contributed by atoms with van der Waals surface area (Å²) in [5, 5.41) is 0. The zero-order valence-electron chi connectivity index (χ0n) is 9.88. The van der Waals surface area contributed by atoms with Crippen LogP contribution in [0.1, 0.15) is 41.0 Å². The Labute approximate surface area is 83.5 Å². The van der Waals surface area contributed by atoms with E-state index in [0.29, 0.717) is 12.1 Å². The summed E-state index contributed by atoms with van der Waals surface area (Å²) >= 11 is 0. The maximum absolute atomic E-state index is 5.74. The fourth-order valence-electron chi connectivity index (χ4n) is 1.40. The summed E-state index contributed by atoms with van der Waals surface area (Å²) in [7, 11) is 0. The molecule has 0 saturated carbocycles. The number of rotatable bonds is 6. The highest BCUT2D eigenvalue weighted by atomic mass is 15.1. The van der Waals surface area contributed by atoms with Gasteiger partial charge < -0.3 is 10.6 Å². The Hall–Kier alpha value is -0.0800. The van der Waals surface area contributed by atoms with E-state index in [1.54, 1.807) is 0 Å². The minimum Gasteiger partial charge on any atom is -0.328 e. The summed E-state index contributed by atoms with van der Waals surface area (Å²) < 4.78 is 0. The van der Waals surface area contributed by atoms with Crippen LogP contribution in [0.2, 0.25) is 0 Å². The van der Waals surface area contributed by atoms with Gasteiger partial charge in [0.15, 0.2) is 0 Å². The summed E-state index contributed by atoms with van der Waals surface area (Å²) in [5.41, 5.74) is 5.74. The van der Waals surface area contributed by atoms with Crippen molar-refractivity contribution in [2.45, 2.75) is 53.1 Å². The Morgan fingerprint density at radius 3 is 1.92 bits per heavy atom. The molecule has 0 fully saturated rings. The van der Waals surface area contributed by atoms with Gasteiger partial charge >= 0.3 is 0 Å². The quantitative estimate of drug-likeness (QED) is 0.688. The van der Waals surface area contributed by atoms with Gasteiger partial charge in [-0.15, -0.1) is 0 Å². The summed E-state index contributed by atoms with van der Waals surface area (Å²) in [6.45, 7) is 13.4. The van der Waals surface area contributed by atoms with E-state index in [4.69, 9.17) is 5.73 Å². The first-order valence-electron chi connectivity index (χ1n) is 5.43. The number of nitrogens with two attached hydrogens (primary N) is 1. The molecule has 1 atom stereocenters. The van der Waals surface area contributed by atoms with E-state index in [0.717, 1.165) is 18.9 Å². The van der Waals surface area contributed by atoms with Gasteiger partial charge in [-0.2, -0.15) is 0 Å². The Balaban J connectivity index is 3.81. The molecule has 0 saturated heterocycles. The third kappa shape index (κ3) is 7.03. The van der Waals surface area contributed by atoms with Gasteiger partial charge in [-0.3, -0.25) is 0 Å². The molecule has 13 heavy (non-hydrogen) atoms. The van der Waals surface area contributed by atoms with E-state index in [2.05, 4.69) is 39.5 Å². The average molecular weight is 186 g/mol. The molecule has 0 aliphatic carbocycles. The van der Waals surface area contributed by atoms with Crippen LogP contribution in [0.25, 0.3) is 0 Å². The van der Waals surface area contributed by atoms with E-state index in [9.17, 15) is 0 Å². The van der Waals surface area contributed by atoms with Gasteiger partial charge in [-0.05, 0) is 39.7 Å². The molecule has 0 aromatic rings. The van der Waals surface area contributed by atoms with Crippen LogP contribution in [0.15, 0.2) is 0 Å². The predicted molar refractivity (Wildman–Crippen MR) is 59.8 cm³/mol. The first-order chi connectivity index (χ1) is 5.93. The van der Waals surface area contributed by atoms with Crippen LogP contribution in [-0.2, 0) is 0 Å². The first-order valence-corrected chi connectivity index (χ1v) is 5.43. The lowest BCUT2D eigenvalue weighted by Gasteiger charge is -2.28. The first kappa shape index (κ1) is 12.9. The number of nitrogens with zero attached hydrogens (tertiary/aromatic N) is 1. The molecule has 2 N–H and O–H groups in total. The van der Waals surface area contributed by atoms with Crippen LogP contribution in [0.3, 0.4) is 0 Å². The largest absolute Gasteiger partial charge is 0.328 e. The standard InChI is InChI=1S/C11H26N2/c1-9(2)8-13(10(3)4)7-6-11(5)12/h9-11H,6-8,12H2,1-5H3. The number of hydrogen-bond donors (Lipinski definition) is 1. The Bertz CT molecular complexity index is 119. The summed E-state index contributed by atoms with van der Waals surface area (Å²) in [5.74, 6) is 0.746. The van der Waals surface area contributed by atoms with Crippen LogP contribution >= 0.6 is 0 Å². The molecule has 0 heterocycles. The van der Waals surface area contributed by atoms with Gasteiger partial charge in [0.05, 0.1) is 0 Å². The molecule has 0 aromatic carbocycles. The molecule has 1 unspecified atom stereocenters. The average Bonchev–Trinajstić information content (AvgIpc) is 1.96. The molecule has 0 rings (SSSR count). The van der Waals surface area contributed by atoms with Crippen molar-refractivity contribution in [3.05, 3.63) is 0 Å². The van der Waals surface area contributed by atoms with E-state index in [1.807, 2.05) is 0 Å². The molecule has 80 valence electrons. The molecule has 0 radical (unpaired) electrons. The lowest BCUT2D eigenvalue weighted by Crippen LogP contribution is -2.37. The Kier molecular flexibility index (Phi) is 6.35. The summed E-state index contributed by atoms with van der Waals surface area (Å²) in [4.78, 5) is 2.51. The van der Waals surface area contributed by atoms with Gasteiger partial charge in [0.2, 0.25) is 0 Å². The van der Waals surface area contributed by atoms with Crippen molar-refractivity contribution in [3.8, 4) is 0 Å². The van der Waals surface area contributed by atoms with Crippen LogP contribution in [0.4, 0.5) is 0 Å². The fraction of sp³-hybridized carbons (Fsp3) is 1.00. The molecule has 0 amide bonds. The van der Waals surface area contributed by atoms with E-state index in [1.165, 1.54) is 6.54 Å². The van der Waals surface area contributed by atoms with Gasteiger partial charge in [0.1, 0.15) is 0 Å². The van der Waals surface area contributed by atoms with Gasteiger partial charge in [0.25, 0.3) is 0 Å². The zero-order valence-corrected chi connectivity index (χ0v) is 9.88. The molecular formula is C11H26N2. The molecule has 0 aromatic heterocycles. The third-order valence-corrected chi connectivity index (χ3v) is 2.20. The normalized spacial score (nSPS) is 14.5. The highest BCUT2D eigenvalue weighted by molar-refractivity contribution is 4.67. The van der Waals surface area contributed by atoms with Crippen LogP contribution in [-0.4, -0.2) is 30.1 Å². The van der Waals surface area contributed by atoms with Crippen molar-refractivity contribution in [2.24, 2.45) is 11.7 Å². The fourth-order valence-corrected chi connectivity index (χ4v) is 1.40. The molecule has 0 spiro atoms. The topological polar surface area (TPSA) is 29.3 Å². The van der Waals surface area contributed by atoms with Crippen molar-refractivity contribution in [1.82, 2.24) is 4.90 Å². The van der Waals surface area contributed by atoms with Crippen molar-refractivity contribution in [1.29, 1.82) is 0 Å². The SMILES string of the molecule is CC(C)CN(CCC(C)N)C(C)C. The Morgan fingerprint density at radius 2 is 1.62 bits per heavy atom. The molecule has 2 heteroatoms. The lowest BCUT2D eigenvalue weighted by molar-refractivity contribution is 0.192. The van der Waals surface area contributed by atoms with Crippen LogP contribution < -0.4 is 5.73 Å². The molecular weight excluding hydrogens is 160 g/mol. The Morgan fingerprint density at radius 1 is 1.08 bits per heavy atom. The van der Waals surface area contributed by atoms with Crippen molar-refractivity contribution < 1.29 is 0 Å². The minimum absolute atomic E-state index is 0.327. The van der Waals surface area contributed by atoms with Crippen LogP contribution in [0, 0.1) is 5.92 Å². The maximum atomic E-state index is 5.74. The van der Waals surface area contributed by atoms with E-state index < -0.39 is 0 Å². The predicted octanol–water partition coefficient (Wildman–Crippen LogP) is 2.09. The molecule has 0 aliphatic rings. The molecule has 2 nitrogen and oxygen atoms in total. The molecule has 0 aliphatic heterocycles. The van der Waals surface area contributed by atoms with Gasteiger partial charge in [0, 0.05) is 18.6 Å². The summed E-state index contributed by atoms with van der Waals surface area (Å²) in [6, 6.07) is 0.967. The van der Waals surface area contributed by atoms with E-state index in [-0.39, 0.29) is 0 Å². The smallest absolute Gasteiger partial charge is 0.00387 e. The van der Waals surface area contributed by atoms with E-state index >= 15 is 0 Å². The lowest BCUT2D eigenvalue weighted by atomic mass is 10.1. The second-order valence-electron chi connectivity index (χ2n) is 4.75. The summed E-state index contributed by atoms with van der Waals surface area (Å²) in [6.07, 6.45) is 1.10. The van der Waals surface area contributed by atoms with Gasteiger partial charge in [-0.1, -0.05) is 13.8 Å². The van der Waals surface area contributed by atoms with Crippen molar-refractivity contribution in [3.63, 3.8) is 0 Å². The molecule has 0 bridgehead atoms. The minimum atomic E-state index is 0.327. The van der Waals surface area contributed by atoms with Gasteiger partial charge in [-0.25, -0.2) is 0 Å². The highest BCUT2D eigenvalue weighted by Crippen LogP contribution is 2.05. The van der Waals surface area contributed by atoms with Crippen molar-refractivity contribution in [2.75, 3.05) is 13.1 Å². The second-order valence-corrected chi connectivity index (χ2v) is 4.75. The maximum Gasteiger partial charge on any atom is 0.00387 e. The third-order valence-electron chi connectivity index (χ3n) is 2.20. The zero-order chi connectivity index (χ0) is 10.4.